The lowest BCUT2D eigenvalue weighted by atomic mass is 9.96. The van der Waals surface area contributed by atoms with Crippen molar-refractivity contribution in [2.24, 2.45) is 0 Å². The molecule has 0 amide bonds. The minimum absolute atomic E-state index is 0.398. The van der Waals surface area contributed by atoms with Crippen molar-refractivity contribution in [3.63, 3.8) is 0 Å². The number of carbonyl (C=O) groups excluding carboxylic acids is 2. The Bertz CT molecular complexity index is 902. The van der Waals surface area contributed by atoms with Gasteiger partial charge >= 0.3 is 11.9 Å². The maximum Gasteiger partial charge on any atom is 0.340 e. The molecule has 7 heteroatoms. The number of morpholine rings is 1. The van der Waals surface area contributed by atoms with Crippen LogP contribution in [0.1, 0.15) is 34.6 Å². The van der Waals surface area contributed by atoms with Crippen molar-refractivity contribution in [3.05, 3.63) is 35.4 Å². The molecule has 0 bridgehead atoms. The summed E-state index contributed by atoms with van der Waals surface area (Å²) in [6.45, 7) is 8.42. The van der Waals surface area contributed by atoms with Gasteiger partial charge in [0.2, 0.25) is 0 Å². The zero-order chi connectivity index (χ0) is 21.0. The minimum atomic E-state index is -0.441. The van der Waals surface area contributed by atoms with Crippen molar-refractivity contribution >= 4 is 34.1 Å². The van der Waals surface area contributed by atoms with Crippen LogP contribution in [0, 0.1) is 0 Å². The number of hydrogen-bond donors (Lipinski definition) is 0. The van der Waals surface area contributed by atoms with Crippen LogP contribution < -0.4 is 9.80 Å². The molecule has 0 atom stereocenters. The summed E-state index contributed by atoms with van der Waals surface area (Å²) in [5, 5.41) is 1.58. The molecule has 1 aliphatic heterocycles. The Labute approximate surface area is 171 Å². The number of ether oxygens (including phenoxy) is 3. The number of rotatable bonds is 6. The van der Waals surface area contributed by atoms with Gasteiger partial charge in [-0.05, 0) is 32.0 Å². The molecule has 1 heterocycles. The van der Waals surface area contributed by atoms with Crippen molar-refractivity contribution in [2.45, 2.75) is 13.8 Å². The van der Waals surface area contributed by atoms with E-state index in [4.69, 9.17) is 14.2 Å². The van der Waals surface area contributed by atoms with Crippen LogP contribution in [0.25, 0.3) is 10.8 Å². The molecule has 0 unspecified atom stereocenters. The Morgan fingerprint density at radius 2 is 1.66 bits per heavy atom. The van der Waals surface area contributed by atoms with Crippen LogP contribution in [0.15, 0.2) is 24.3 Å². The maximum absolute atomic E-state index is 12.8. The molecule has 0 N–H and O–H groups in total. The van der Waals surface area contributed by atoms with Crippen molar-refractivity contribution < 1.29 is 23.8 Å². The van der Waals surface area contributed by atoms with Crippen molar-refractivity contribution in [2.75, 3.05) is 63.4 Å². The monoisotopic (exact) mass is 400 g/mol. The highest BCUT2D eigenvalue weighted by atomic mass is 16.5. The predicted octanol–water partition coefficient (Wildman–Crippen LogP) is 3.10. The Hall–Kier alpha value is -2.80. The molecule has 2 aromatic rings. The summed E-state index contributed by atoms with van der Waals surface area (Å²) in [6, 6.07) is 7.40. The number of anilines is 2. The first-order valence-corrected chi connectivity index (χ1v) is 9.90. The summed E-state index contributed by atoms with van der Waals surface area (Å²) in [6.07, 6.45) is 0. The van der Waals surface area contributed by atoms with Gasteiger partial charge < -0.3 is 24.0 Å². The highest BCUT2D eigenvalue weighted by Crippen LogP contribution is 2.38. The van der Waals surface area contributed by atoms with Gasteiger partial charge in [0.05, 0.1) is 44.2 Å². The van der Waals surface area contributed by atoms with E-state index >= 15 is 0 Å². The lowest BCUT2D eigenvalue weighted by Gasteiger charge is -2.33. The third-order valence-corrected chi connectivity index (χ3v) is 5.36. The van der Waals surface area contributed by atoms with Crippen LogP contribution in [0.5, 0.6) is 0 Å². The summed E-state index contributed by atoms with van der Waals surface area (Å²) in [5.41, 5.74) is 2.69. The first-order valence-electron chi connectivity index (χ1n) is 9.90. The summed E-state index contributed by atoms with van der Waals surface area (Å²) in [5.74, 6) is -0.865. The van der Waals surface area contributed by atoms with Gasteiger partial charge in [0.1, 0.15) is 0 Å². The van der Waals surface area contributed by atoms with Gasteiger partial charge in [0.25, 0.3) is 0 Å². The molecule has 0 aliphatic carbocycles. The SMILES string of the molecule is CCN(CC)c1cc(N2CCOCC2)c2ccc(C(=O)OC)cc2c1C(=O)OC. The van der Waals surface area contributed by atoms with Gasteiger partial charge in [-0.2, -0.15) is 0 Å². The molecule has 0 radical (unpaired) electrons. The maximum atomic E-state index is 12.8. The fourth-order valence-corrected chi connectivity index (χ4v) is 3.83. The van der Waals surface area contributed by atoms with Gasteiger partial charge in [-0.3, -0.25) is 0 Å². The highest BCUT2D eigenvalue weighted by Gasteiger charge is 2.25. The Morgan fingerprint density at radius 1 is 1.00 bits per heavy atom. The molecule has 0 aromatic heterocycles. The van der Waals surface area contributed by atoms with Gasteiger partial charge in [0.15, 0.2) is 0 Å². The lowest BCUT2D eigenvalue weighted by molar-refractivity contribution is 0.0591. The van der Waals surface area contributed by atoms with Gasteiger partial charge in [-0.15, -0.1) is 0 Å². The van der Waals surface area contributed by atoms with E-state index in [2.05, 4.69) is 15.9 Å². The highest BCUT2D eigenvalue weighted by molar-refractivity contribution is 6.14. The van der Waals surface area contributed by atoms with Crippen molar-refractivity contribution in [3.8, 4) is 0 Å². The molecule has 156 valence electrons. The van der Waals surface area contributed by atoms with Gasteiger partial charge in [-0.1, -0.05) is 6.07 Å². The van der Waals surface area contributed by atoms with E-state index in [-0.39, 0.29) is 0 Å². The minimum Gasteiger partial charge on any atom is -0.465 e. The number of fused-ring (bicyclic) bond motifs is 1. The van der Waals surface area contributed by atoms with Crippen molar-refractivity contribution in [1.29, 1.82) is 0 Å². The van der Waals surface area contributed by atoms with Gasteiger partial charge in [0, 0.05) is 42.6 Å². The van der Waals surface area contributed by atoms with Crippen LogP contribution in [-0.2, 0) is 14.2 Å². The fraction of sp³-hybridized carbons (Fsp3) is 0.455. The molecule has 1 aliphatic rings. The number of carbonyl (C=O) groups is 2. The van der Waals surface area contributed by atoms with Crippen LogP contribution in [-0.4, -0.2) is 65.6 Å². The summed E-state index contributed by atoms with van der Waals surface area (Å²) in [7, 11) is 2.72. The first-order chi connectivity index (χ1) is 14.0. The predicted molar refractivity (Wildman–Crippen MR) is 113 cm³/mol. The molecule has 0 saturated carbocycles. The Kier molecular flexibility index (Phi) is 6.59. The topological polar surface area (TPSA) is 68.3 Å². The average Bonchev–Trinajstić information content (AvgIpc) is 2.78. The average molecular weight is 400 g/mol. The zero-order valence-electron chi connectivity index (χ0n) is 17.5. The van der Waals surface area contributed by atoms with Crippen LogP contribution in [0.3, 0.4) is 0 Å². The molecule has 3 rings (SSSR count). The second-order valence-electron chi connectivity index (χ2n) is 6.81. The largest absolute Gasteiger partial charge is 0.465 e. The molecule has 1 fully saturated rings. The molecule has 1 saturated heterocycles. The second kappa shape index (κ2) is 9.13. The number of nitrogens with zero attached hydrogens (tertiary/aromatic N) is 2. The van der Waals surface area contributed by atoms with Crippen LogP contribution in [0.2, 0.25) is 0 Å². The van der Waals surface area contributed by atoms with E-state index in [1.165, 1.54) is 14.2 Å². The normalized spacial score (nSPS) is 14.0. The molecule has 0 spiro atoms. The van der Waals surface area contributed by atoms with Crippen LogP contribution in [0.4, 0.5) is 11.4 Å². The van der Waals surface area contributed by atoms with E-state index in [9.17, 15) is 9.59 Å². The third kappa shape index (κ3) is 4.00. The van der Waals surface area contributed by atoms with Crippen LogP contribution >= 0.6 is 0 Å². The number of esters is 2. The third-order valence-electron chi connectivity index (χ3n) is 5.36. The van der Waals surface area contributed by atoms with Gasteiger partial charge in [-0.25, -0.2) is 9.59 Å². The van der Waals surface area contributed by atoms with E-state index < -0.39 is 11.9 Å². The van der Waals surface area contributed by atoms with E-state index in [1.54, 1.807) is 12.1 Å². The molecule has 29 heavy (non-hydrogen) atoms. The lowest BCUT2D eigenvalue weighted by Crippen LogP contribution is -2.36. The van der Waals surface area contributed by atoms with E-state index in [0.29, 0.717) is 29.7 Å². The zero-order valence-corrected chi connectivity index (χ0v) is 17.5. The number of benzene rings is 2. The molecule has 7 nitrogen and oxygen atoms in total. The van der Waals surface area contributed by atoms with E-state index in [1.807, 2.05) is 19.9 Å². The van der Waals surface area contributed by atoms with E-state index in [0.717, 1.165) is 42.9 Å². The van der Waals surface area contributed by atoms with Crippen molar-refractivity contribution in [1.82, 2.24) is 0 Å². The summed E-state index contributed by atoms with van der Waals surface area (Å²) < 4.78 is 15.5. The number of methoxy groups -OCH3 is 2. The smallest absolute Gasteiger partial charge is 0.340 e. The standard InChI is InChI=1S/C22H28N2O5/c1-5-23(6-2)19-14-18(24-9-11-29-12-10-24)16-8-7-15(21(25)27-3)13-17(16)20(19)22(26)28-4/h7-8,13-14H,5-6,9-12H2,1-4H3. The molecular formula is C22H28N2O5. The second-order valence-corrected chi connectivity index (χ2v) is 6.81. The number of hydrogen-bond acceptors (Lipinski definition) is 7. The Morgan fingerprint density at radius 3 is 2.24 bits per heavy atom. The quantitative estimate of drug-likeness (QED) is 0.690. The molecular weight excluding hydrogens is 372 g/mol. The fourth-order valence-electron chi connectivity index (χ4n) is 3.83. The Balaban J connectivity index is 2.35. The summed E-state index contributed by atoms with van der Waals surface area (Å²) >= 11 is 0. The summed E-state index contributed by atoms with van der Waals surface area (Å²) in [4.78, 5) is 29.4. The first kappa shape index (κ1) is 20.9. The molecule has 2 aromatic carbocycles.